The summed E-state index contributed by atoms with van der Waals surface area (Å²) >= 11 is 0. The molecule has 0 radical (unpaired) electrons. The molecule has 2 aliphatic rings. The summed E-state index contributed by atoms with van der Waals surface area (Å²) in [5.41, 5.74) is 0.804. The summed E-state index contributed by atoms with van der Waals surface area (Å²) in [5, 5.41) is 3.10. The van der Waals surface area contributed by atoms with E-state index in [-0.39, 0.29) is 29.3 Å². The molecule has 25 heavy (non-hydrogen) atoms. The van der Waals surface area contributed by atoms with Gasteiger partial charge in [-0.1, -0.05) is 18.6 Å². The number of hydrogen-bond acceptors (Lipinski definition) is 5. The van der Waals surface area contributed by atoms with Gasteiger partial charge in [-0.25, -0.2) is 8.42 Å². The largest absolute Gasteiger partial charge is 0.378 e. The minimum Gasteiger partial charge on any atom is -0.378 e. The Hall–Kier alpha value is -1.44. The quantitative estimate of drug-likeness (QED) is 0.841. The molecule has 0 spiro atoms. The van der Waals surface area contributed by atoms with Crippen molar-refractivity contribution in [2.75, 3.05) is 32.6 Å². The number of hydrogen-bond donors (Lipinski definition) is 1. The van der Waals surface area contributed by atoms with Crippen LogP contribution in [0.3, 0.4) is 0 Å². The van der Waals surface area contributed by atoms with Gasteiger partial charge >= 0.3 is 0 Å². The van der Waals surface area contributed by atoms with E-state index in [0.29, 0.717) is 13.2 Å². The van der Waals surface area contributed by atoms with Crippen LogP contribution in [0.2, 0.25) is 0 Å². The molecular weight excluding hydrogens is 340 g/mol. The van der Waals surface area contributed by atoms with Gasteiger partial charge < -0.3 is 10.1 Å². The number of rotatable bonds is 5. The molecule has 2 saturated heterocycles. The Morgan fingerprint density at radius 3 is 2.48 bits per heavy atom. The minimum atomic E-state index is -3.21. The third-order valence-electron chi connectivity index (χ3n) is 4.97. The molecule has 7 heteroatoms. The Kier molecular flexibility index (Phi) is 5.76. The number of carbonyl (C=O) groups is 1. The van der Waals surface area contributed by atoms with E-state index in [4.69, 9.17) is 4.74 Å². The normalized spacial score (nSPS) is 25.0. The summed E-state index contributed by atoms with van der Waals surface area (Å²) in [5.74, 6) is -0.0513. The first kappa shape index (κ1) is 18.4. The molecule has 2 fully saturated rings. The molecule has 1 amide bonds. The fourth-order valence-electron chi connectivity index (χ4n) is 3.59. The number of nitrogens with zero attached hydrogens (tertiary/aromatic N) is 1. The fraction of sp³-hybridized carbons (Fsp3) is 0.611. The smallest absolute Gasteiger partial charge is 0.224 e. The van der Waals surface area contributed by atoms with Gasteiger partial charge in [0.1, 0.15) is 0 Å². The van der Waals surface area contributed by atoms with Crippen LogP contribution in [-0.4, -0.2) is 63.9 Å². The van der Waals surface area contributed by atoms with E-state index in [0.717, 1.165) is 18.7 Å². The molecule has 2 aliphatic heterocycles. The van der Waals surface area contributed by atoms with Gasteiger partial charge in [-0.3, -0.25) is 9.69 Å². The molecule has 0 saturated carbocycles. The highest BCUT2D eigenvalue weighted by Crippen LogP contribution is 2.19. The van der Waals surface area contributed by atoms with Crippen LogP contribution in [0, 0.1) is 0 Å². The van der Waals surface area contributed by atoms with Crippen LogP contribution in [0.1, 0.15) is 24.8 Å². The molecule has 0 aliphatic carbocycles. The van der Waals surface area contributed by atoms with Crippen molar-refractivity contribution >= 4 is 15.7 Å². The molecular formula is C18H26N2O4S. The van der Waals surface area contributed by atoms with Crippen molar-refractivity contribution < 1.29 is 17.9 Å². The summed E-state index contributed by atoms with van der Waals surface area (Å²) in [6, 6.07) is 6.78. The van der Waals surface area contributed by atoms with Crippen molar-refractivity contribution in [3.63, 3.8) is 0 Å². The predicted molar refractivity (Wildman–Crippen MR) is 95.2 cm³/mol. The van der Waals surface area contributed by atoms with Crippen molar-refractivity contribution in [3.05, 3.63) is 29.8 Å². The van der Waals surface area contributed by atoms with Gasteiger partial charge in [-0.05, 0) is 43.6 Å². The predicted octanol–water partition coefficient (Wildman–Crippen LogP) is 1.00. The first-order valence-electron chi connectivity index (χ1n) is 8.83. The van der Waals surface area contributed by atoms with E-state index in [1.165, 1.54) is 25.5 Å². The summed E-state index contributed by atoms with van der Waals surface area (Å²) in [6.45, 7) is 3.38. The maximum absolute atomic E-state index is 12.4. The zero-order valence-corrected chi connectivity index (χ0v) is 15.4. The molecule has 0 aromatic heterocycles. The van der Waals surface area contributed by atoms with E-state index in [9.17, 15) is 13.2 Å². The summed E-state index contributed by atoms with van der Waals surface area (Å²) in [7, 11) is -3.21. The molecule has 2 atom stereocenters. The number of sulfone groups is 1. The van der Waals surface area contributed by atoms with Crippen molar-refractivity contribution in [3.8, 4) is 0 Å². The highest BCUT2D eigenvalue weighted by molar-refractivity contribution is 7.90. The molecule has 1 aromatic carbocycles. The molecule has 0 unspecified atom stereocenters. The standard InChI is InChI=1S/C18H26N2O4S/c1-25(22,23)15-7-5-14(6-8-15)11-18(21)19-16-12-24-13-17(16)20-9-3-2-4-10-20/h5-8,16-17H,2-4,9-13H2,1H3,(H,19,21)/t16-,17-/m1/s1. The second kappa shape index (κ2) is 7.85. The Morgan fingerprint density at radius 2 is 1.84 bits per heavy atom. The average Bonchev–Trinajstić information content (AvgIpc) is 3.03. The van der Waals surface area contributed by atoms with Crippen LogP contribution >= 0.6 is 0 Å². The van der Waals surface area contributed by atoms with E-state index in [2.05, 4.69) is 10.2 Å². The van der Waals surface area contributed by atoms with E-state index >= 15 is 0 Å². The van der Waals surface area contributed by atoms with E-state index < -0.39 is 9.84 Å². The summed E-state index contributed by atoms with van der Waals surface area (Å²) in [4.78, 5) is 15.1. The lowest BCUT2D eigenvalue weighted by Crippen LogP contribution is -2.52. The number of ether oxygens (including phenoxy) is 1. The highest BCUT2D eigenvalue weighted by atomic mass is 32.2. The summed E-state index contributed by atoms with van der Waals surface area (Å²) < 4.78 is 28.6. The molecule has 6 nitrogen and oxygen atoms in total. The molecule has 1 N–H and O–H groups in total. The zero-order chi connectivity index (χ0) is 17.9. The Labute approximate surface area is 149 Å². The van der Waals surface area contributed by atoms with Crippen LogP contribution in [-0.2, 0) is 25.8 Å². The monoisotopic (exact) mass is 366 g/mol. The second-order valence-corrected chi connectivity index (χ2v) is 8.98. The molecule has 138 valence electrons. The number of likely N-dealkylation sites (tertiary alicyclic amines) is 1. The topological polar surface area (TPSA) is 75.7 Å². The van der Waals surface area contributed by atoms with Crippen LogP contribution < -0.4 is 5.32 Å². The van der Waals surface area contributed by atoms with Crippen molar-refractivity contribution in [1.82, 2.24) is 10.2 Å². The van der Waals surface area contributed by atoms with Crippen molar-refractivity contribution in [2.24, 2.45) is 0 Å². The summed E-state index contributed by atoms with van der Waals surface area (Å²) in [6.07, 6.45) is 5.13. The Bertz CT molecular complexity index is 696. The van der Waals surface area contributed by atoms with Crippen LogP contribution in [0.4, 0.5) is 0 Å². The number of amides is 1. The number of benzene rings is 1. The number of piperidine rings is 1. The lowest BCUT2D eigenvalue weighted by Gasteiger charge is -2.34. The van der Waals surface area contributed by atoms with Crippen molar-refractivity contribution in [1.29, 1.82) is 0 Å². The van der Waals surface area contributed by atoms with Gasteiger partial charge in [-0.2, -0.15) is 0 Å². The lowest BCUT2D eigenvalue weighted by atomic mass is 10.0. The minimum absolute atomic E-state index is 0.0286. The van der Waals surface area contributed by atoms with Gasteiger partial charge in [0.15, 0.2) is 9.84 Å². The molecule has 2 heterocycles. The maximum atomic E-state index is 12.4. The number of carbonyl (C=O) groups excluding carboxylic acids is 1. The SMILES string of the molecule is CS(=O)(=O)c1ccc(CC(=O)N[C@@H]2COC[C@H]2N2CCCCC2)cc1. The van der Waals surface area contributed by atoms with Gasteiger partial charge in [0.2, 0.25) is 5.91 Å². The average molecular weight is 366 g/mol. The van der Waals surface area contributed by atoms with E-state index in [1.807, 2.05) is 0 Å². The highest BCUT2D eigenvalue weighted by Gasteiger charge is 2.34. The van der Waals surface area contributed by atoms with E-state index in [1.54, 1.807) is 24.3 Å². The Balaban J connectivity index is 1.56. The maximum Gasteiger partial charge on any atom is 0.224 e. The lowest BCUT2D eigenvalue weighted by molar-refractivity contribution is -0.121. The third-order valence-corrected chi connectivity index (χ3v) is 6.10. The second-order valence-electron chi connectivity index (χ2n) is 6.97. The zero-order valence-electron chi connectivity index (χ0n) is 14.6. The molecule has 1 aromatic rings. The third kappa shape index (κ3) is 4.80. The number of nitrogens with one attached hydrogen (secondary N) is 1. The van der Waals surface area contributed by atoms with Gasteiger partial charge in [-0.15, -0.1) is 0 Å². The first-order chi connectivity index (χ1) is 11.9. The van der Waals surface area contributed by atoms with Crippen LogP contribution in [0.15, 0.2) is 29.2 Å². The van der Waals surface area contributed by atoms with Gasteiger partial charge in [0.25, 0.3) is 0 Å². The first-order valence-corrected chi connectivity index (χ1v) is 10.7. The molecule has 0 bridgehead atoms. The van der Waals surface area contributed by atoms with Gasteiger partial charge in [0, 0.05) is 6.26 Å². The van der Waals surface area contributed by atoms with Crippen LogP contribution in [0.5, 0.6) is 0 Å². The van der Waals surface area contributed by atoms with Gasteiger partial charge in [0.05, 0.1) is 36.6 Å². The molecule has 3 rings (SSSR count). The van der Waals surface area contributed by atoms with Crippen molar-refractivity contribution in [2.45, 2.75) is 42.7 Å². The Morgan fingerprint density at radius 1 is 1.16 bits per heavy atom. The fourth-order valence-corrected chi connectivity index (χ4v) is 4.22. The van der Waals surface area contributed by atoms with Crippen LogP contribution in [0.25, 0.3) is 0 Å².